The van der Waals surface area contributed by atoms with Gasteiger partial charge in [-0.2, -0.15) is 4.39 Å². The topological polar surface area (TPSA) is 88.8 Å². The van der Waals surface area contributed by atoms with E-state index in [0.717, 1.165) is 11.7 Å². The number of benzene rings is 1. The number of ether oxygens (including phenoxy) is 1. The third kappa shape index (κ3) is 1.83. The van der Waals surface area contributed by atoms with Crippen molar-refractivity contribution >= 4 is 16.9 Å². The summed E-state index contributed by atoms with van der Waals surface area (Å²) >= 11 is 0. The highest BCUT2D eigenvalue weighted by Crippen LogP contribution is 2.42. The van der Waals surface area contributed by atoms with Gasteiger partial charge in [0, 0.05) is 6.04 Å². The second kappa shape index (κ2) is 4.69. The zero-order chi connectivity index (χ0) is 16.2. The number of methoxy groups -OCH3 is 1. The smallest absolute Gasteiger partial charge is 0.356 e. The van der Waals surface area contributed by atoms with Crippen LogP contribution in [0.2, 0.25) is 0 Å². The van der Waals surface area contributed by atoms with Gasteiger partial charge in [-0.25, -0.2) is 9.18 Å². The molecular formula is C14H11F2NO5. The van der Waals surface area contributed by atoms with Crippen LogP contribution in [0.25, 0.3) is 10.9 Å². The van der Waals surface area contributed by atoms with Gasteiger partial charge in [0.2, 0.25) is 11.2 Å². The zero-order valence-corrected chi connectivity index (χ0v) is 11.4. The zero-order valence-electron chi connectivity index (χ0n) is 11.4. The maximum Gasteiger partial charge on any atom is 0.356 e. The van der Waals surface area contributed by atoms with Crippen LogP contribution in [0.4, 0.5) is 8.78 Å². The van der Waals surface area contributed by atoms with Gasteiger partial charge in [-0.1, -0.05) is 0 Å². The Morgan fingerprint density at radius 3 is 2.55 bits per heavy atom. The van der Waals surface area contributed by atoms with Gasteiger partial charge in [0.15, 0.2) is 23.0 Å². The minimum Gasteiger partial charge on any atom is -0.502 e. The number of carboxylic acids is 1. The van der Waals surface area contributed by atoms with E-state index in [4.69, 9.17) is 4.74 Å². The number of aromatic nitrogens is 1. The molecule has 1 aliphatic rings. The summed E-state index contributed by atoms with van der Waals surface area (Å²) in [5, 5.41) is 18.8. The fraction of sp³-hybridized carbons (Fsp3) is 0.286. The van der Waals surface area contributed by atoms with Crippen molar-refractivity contribution in [2.45, 2.75) is 18.9 Å². The minimum absolute atomic E-state index is 0.163. The van der Waals surface area contributed by atoms with Gasteiger partial charge in [-0.3, -0.25) is 4.79 Å². The summed E-state index contributed by atoms with van der Waals surface area (Å²) in [6.45, 7) is 0. The van der Waals surface area contributed by atoms with Crippen LogP contribution >= 0.6 is 0 Å². The first-order chi connectivity index (χ1) is 10.4. The molecule has 8 heteroatoms. The molecule has 116 valence electrons. The molecule has 2 N–H and O–H groups in total. The Balaban J connectivity index is 2.62. The standard InChI is InChI=1S/C14H11F2NO5/c1-22-13-8(16)7(15)4-6-9(13)17(5-2-3-5)10(14(20)21)12(19)11(6)18/h4-5,19H,2-3H2,1H3,(H,20,21). The van der Waals surface area contributed by atoms with Crippen molar-refractivity contribution in [3.8, 4) is 11.5 Å². The fourth-order valence-corrected chi connectivity index (χ4v) is 2.55. The van der Waals surface area contributed by atoms with Crippen molar-refractivity contribution in [1.29, 1.82) is 0 Å². The van der Waals surface area contributed by atoms with Crippen molar-refractivity contribution < 1.29 is 28.5 Å². The quantitative estimate of drug-likeness (QED) is 0.905. The first-order valence-electron chi connectivity index (χ1n) is 6.45. The number of carboxylic acid groups (broad SMARTS) is 1. The molecule has 0 atom stereocenters. The Labute approximate surface area is 122 Å². The summed E-state index contributed by atoms with van der Waals surface area (Å²) < 4.78 is 33.5. The average Bonchev–Trinajstić information content (AvgIpc) is 3.29. The van der Waals surface area contributed by atoms with Crippen LogP contribution in [0.1, 0.15) is 29.4 Å². The molecule has 0 unspecified atom stereocenters. The van der Waals surface area contributed by atoms with Crippen molar-refractivity contribution in [2.24, 2.45) is 0 Å². The molecule has 0 radical (unpaired) electrons. The lowest BCUT2D eigenvalue weighted by Gasteiger charge is -2.18. The first kappa shape index (κ1) is 14.3. The summed E-state index contributed by atoms with van der Waals surface area (Å²) in [5.41, 5.74) is -1.89. The molecule has 0 spiro atoms. The molecule has 1 fully saturated rings. The van der Waals surface area contributed by atoms with Crippen molar-refractivity contribution in [3.63, 3.8) is 0 Å². The van der Waals surface area contributed by atoms with Gasteiger partial charge < -0.3 is 19.5 Å². The predicted octanol–water partition coefficient (Wildman–Crippen LogP) is 2.03. The highest BCUT2D eigenvalue weighted by molar-refractivity contribution is 5.96. The number of aromatic carboxylic acids is 1. The number of halogens is 2. The molecular weight excluding hydrogens is 300 g/mol. The third-order valence-corrected chi connectivity index (χ3v) is 3.63. The van der Waals surface area contributed by atoms with E-state index in [-0.39, 0.29) is 16.9 Å². The van der Waals surface area contributed by atoms with Gasteiger partial charge in [0.05, 0.1) is 18.0 Å². The van der Waals surface area contributed by atoms with E-state index >= 15 is 0 Å². The third-order valence-electron chi connectivity index (χ3n) is 3.63. The monoisotopic (exact) mass is 311 g/mol. The Kier molecular flexibility index (Phi) is 3.05. The molecule has 0 aliphatic heterocycles. The first-order valence-corrected chi connectivity index (χ1v) is 6.45. The molecule has 0 saturated heterocycles. The predicted molar refractivity (Wildman–Crippen MR) is 71.6 cm³/mol. The molecule has 1 aromatic heterocycles. The fourth-order valence-electron chi connectivity index (χ4n) is 2.55. The highest BCUT2D eigenvalue weighted by atomic mass is 19.2. The van der Waals surface area contributed by atoms with Crippen LogP contribution in [0.15, 0.2) is 10.9 Å². The van der Waals surface area contributed by atoms with E-state index in [1.807, 2.05) is 0 Å². The van der Waals surface area contributed by atoms with Crippen LogP contribution in [-0.4, -0.2) is 27.9 Å². The maximum atomic E-state index is 13.9. The summed E-state index contributed by atoms with van der Waals surface area (Å²) in [5.74, 6) is -5.71. The molecule has 0 amide bonds. The van der Waals surface area contributed by atoms with Crippen LogP contribution in [0.5, 0.6) is 11.5 Å². The highest BCUT2D eigenvalue weighted by Gasteiger charge is 2.34. The van der Waals surface area contributed by atoms with Crippen molar-refractivity contribution in [3.05, 3.63) is 33.6 Å². The summed E-state index contributed by atoms with van der Waals surface area (Å²) in [6.07, 6.45) is 1.19. The molecule has 3 rings (SSSR count). The number of hydrogen-bond donors (Lipinski definition) is 2. The average molecular weight is 311 g/mol. The Morgan fingerprint density at radius 1 is 1.41 bits per heavy atom. The van der Waals surface area contributed by atoms with Crippen molar-refractivity contribution in [1.82, 2.24) is 4.57 Å². The number of nitrogens with zero attached hydrogens (tertiary/aromatic N) is 1. The number of rotatable bonds is 3. The minimum atomic E-state index is -1.53. The van der Waals surface area contributed by atoms with Crippen molar-refractivity contribution in [2.75, 3.05) is 7.11 Å². The van der Waals surface area contributed by atoms with Gasteiger partial charge in [-0.05, 0) is 18.9 Å². The van der Waals surface area contributed by atoms with Crippen LogP contribution in [-0.2, 0) is 0 Å². The Hall–Kier alpha value is -2.64. The lowest BCUT2D eigenvalue weighted by molar-refractivity contribution is 0.0680. The van der Waals surface area contributed by atoms with E-state index in [0.29, 0.717) is 18.9 Å². The SMILES string of the molecule is COc1c(F)c(F)cc2c(=O)c(O)c(C(=O)O)n(C3CC3)c12. The van der Waals surface area contributed by atoms with Crippen LogP contribution in [0, 0.1) is 11.6 Å². The summed E-state index contributed by atoms with van der Waals surface area (Å²) in [6, 6.07) is 0.318. The van der Waals surface area contributed by atoms with E-state index in [1.54, 1.807) is 0 Å². The van der Waals surface area contributed by atoms with Gasteiger partial charge >= 0.3 is 5.97 Å². The summed E-state index contributed by atoms with van der Waals surface area (Å²) in [4.78, 5) is 23.5. The number of fused-ring (bicyclic) bond motifs is 1. The molecule has 0 bridgehead atoms. The molecule has 2 aromatic rings. The van der Waals surface area contributed by atoms with Gasteiger partial charge in [0.25, 0.3) is 0 Å². The summed E-state index contributed by atoms with van der Waals surface area (Å²) in [7, 11) is 1.09. The molecule has 6 nitrogen and oxygen atoms in total. The normalized spacial score (nSPS) is 14.3. The van der Waals surface area contributed by atoms with Crippen LogP contribution in [0.3, 0.4) is 0 Å². The molecule has 1 heterocycles. The van der Waals surface area contributed by atoms with E-state index in [2.05, 4.69) is 0 Å². The molecule has 1 aromatic carbocycles. The molecule has 1 saturated carbocycles. The second-order valence-electron chi connectivity index (χ2n) is 5.03. The van der Waals surface area contributed by atoms with E-state index in [9.17, 15) is 28.6 Å². The molecule has 1 aliphatic carbocycles. The molecule has 22 heavy (non-hydrogen) atoms. The lowest BCUT2D eigenvalue weighted by Crippen LogP contribution is -2.19. The lowest BCUT2D eigenvalue weighted by atomic mass is 10.1. The van der Waals surface area contributed by atoms with Crippen LogP contribution < -0.4 is 10.2 Å². The second-order valence-corrected chi connectivity index (χ2v) is 5.03. The largest absolute Gasteiger partial charge is 0.502 e. The number of hydrogen-bond acceptors (Lipinski definition) is 4. The number of carbonyl (C=O) groups is 1. The van der Waals surface area contributed by atoms with E-state index < -0.39 is 40.2 Å². The van der Waals surface area contributed by atoms with Gasteiger partial charge in [-0.15, -0.1) is 0 Å². The Bertz CT molecular complexity index is 870. The van der Waals surface area contributed by atoms with Gasteiger partial charge in [0.1, 0.15) is 0 Å². The number of aromatic hydroxyl groups is 1. The van der Waals surface area contributed by atoms with E-state index in [1.165, 1.54) is 0 Å². The maximum absolute atomic E-state index is 13.9. The Morgan fingerprint density at radius 2 is 2.05 bits per heavy atom. The number of pyridine rings is 1.